The Morgan fingerprint density at radius 3 is 2.55 bits per heavy atom. The summed E-state index contributed by atoms with van der Waals surface area (Å²) >= 11 is 3.09. The van der Waals surface area contributed by atoms with Crippen LogP contribution in [0, 0.1) is 0 Å². The molecule has 6 nitrogen and oxygen atoms in total. The highest BCUT2D eigenvalue weighted by Gasteiger charge is 2.32. The van der Waals surface area contributed by atoms with Gasteiger partial charge in [-0.15, -0.1) is 13.2 Å². The third-order valence-corrected chi connectivity index (χ3v) is 2.77. The van der Waals surface area contributed by atoms with Crippen molar-refractivity contribution in [3.05, 3.63) is 40.8 Å². The van der Waals surface area contributed by atoms with Crippen molar-refractivity contribution in [1.82, 2.24) is 9.97 Å². The average molecular weight is 377 g/mol. The van der Waals surface area contributed by atoms with Crippen LogP contribution in [0.2, 0.25) is 0 Å². The molecule has 2 rings (SSSR count). The van der Waals surface area contributed by atoms with Gasteiger partial charge in [-0.25, -0.2) is 9.97 Å². The predicted molar refractivity (Wildman–Crippen MR) is 75.2 cm³/mol. The highest BCUT2D eigenvalue weighted by molar-refractivity contribution is 9.10. The molecule has 0 aliphatic heterocycles. The van der Waals surface area contributed by atoms with Crippen molar-refractivity contribution in [2.24, 2.45) is 0 Å². The van der Waals surface area contributed by atoms with Crippen molar-refractivity contribution in [2.75, 3.05) is 11.1 Å². The number of nitrogens with one attached hydrogen (secondary N) is 1. The summed E-state index contributed by atoms with van der Waals surface area (Å²) < 4.78 is 40.6. The molecule has 22 heavy (non-hydrogen) atoms. The van der Waals surface area contributed by atoms with Crippen LogP contribution in [0.4, 0.5) is 24.7 Å². The molecule has 1 aromatic carbocycles. The topological polar surface area (TPSA) is 90.1 Å². The number of hydrogen-bond acceptors (Lipinski definition) is 5. The van der Waals surface area contributed by atoms with Gasteiger partial charge >= 0.3 is 6.36 Å². The normalized spacial score (nSPS) is 11.1. The van der Waals surface area contributed by atoms with Gasteiger partial charge < -0.3 is 15.8 Å². The lowest BCUT2D eigenvalue weighted by Crippen LogP contribution is -2.18. The first-order valence-electron chi connectivity index (χ1n) is 5.69. The molecule has 0 saturated heterocycles. The van der Waals surface area contributed by atoms with E-state index >= 15 is 0 Å². The Hall–Kier alpha value is -2.36. The molecule has 0 saturated carbocycles. The minimum atomic E-state index is -4.86. The number of alkyl halides is 3. The molecule has 0 aliphatic rings. The van der Waals surface area contributed by atoms with Gasteiger partial charge in [0, 0.05) is 5.56 Å². The van der Waals surface area contributed by atoms with Gasteiger partial charge in [0.1, 0.15) is 4.60 Å². The van der Waals surface area contributed by atoms with Crippen LogP contribution in [0.15, 0.2) is 35.2 Å². The molecule has 0 atom stereocenters. The smallest absolute Gasteiger partial charge is 0.404 e. The minimum absolute atomic E-state index is 0.0525. The van der Waals surface area contributed by atoms with Crippen LogP contribution in [0.3, 0.4) is 0 Å². The highest BCUT2D eigenvalue weighted by Crippen LogP contribution is 2.29. The summed E-state index contributed by atoms with van der Waals surface area (Å²) in [5, 5.41) is 2.43. The number of halogens is 4. The van der Waals surface area contributed by atoms with E-state index in [-0.39, 0.29) is 17.1 Å². The molecule has 116 valence electrons. The summed E-state index contributed by atoms with van der Waals surface area (Å²) in [7, 11) is 0. The quantitative estimate of drug-likeness (QED) is 0.803. The lowest BCUT2D eigenvalue weighted by molar-refractivity contribution is -0.274. The number of carbonyl (C=O) groups excluding carboxylic acids is 1. The number of nitrogen functional groups attached to an aromatic ring is 1. The number of anilines is 2. The summed E-state index contributed by atoms with van der Waals surface area (Å²) in [5.41, 5.74) is 5.18. The Morgan fingerprint density at radius 1 is 1.27 bits per heavy atom. The van der Waals surface area contributed by atoms with Crippen molar-refractivity contribution in [3.8, 4) is 5.75 Å². The number of carbonyl (C=O) groups is 1. The number of ether oxygens (including phenoxy) is 1. The molecular weight excluding hydrogens is 369 g/mol. The first kappa shape index (κ1) is 16.0. The molecule has 0 unspecified atom stereocenters. The van der Waals surface area contributed by atoms with E-state index < -0.39 is 18.0 Å². The fourth-order valence-electron chi connectivity index (χ4n) is 1.47. The Bertz CT molecular complexity index is 692. The molecule has 1 aromatic heterocycles. The van der Waals surface area contributed by atoms with Gasteiger partial charge in [0.2, 0.25) is 0 Å². The first-order valence-corrected chi connectivity index (χ1v) is 6.48. The molecule has 2 aromatic rings. The van der Waals surface area contributed by atoms with E-state index in [2.05, 4.69) is 36.0 Å². The van der Waals surface area contributed by atoms with Gasteiger partial charge in [-0.1, -0.05) is 0 Å². The Labute approximate surface area is 130 Å². The van der Waals surface area contributed by atoms with Gasteiger partial charge in [0.05, 0.1) is 18.1 Å². The van der Waals surface area contributed by atoms with Gasteiger partial charge in [-0.05, 0) is 34.1 Å². The van der Waals surface area contributed by atoms with Crippen LogP contribution >= 0.6 is 15.9 Å². The summed E-state index contributed by atoms with van der Waals surface area (Å²) in [5.74, 6) is -0.989. The SMILES string of the molecule is Nc1cc(C(=O)Nc2cnc(Br)cn2)ccc1OC(F)(F)F. The molecule has 0 aliphatic carbocycles. The molecular formula is C12H8BrF3N4O2. The number of aromatic nitrogens is 2. The zero-order valence-electron chi connectivity index (χ0n) is 10.7. The molecule has 10 heteroatoms. The summed E-state index contributed by atoms with van der Waals surface area (Å²) in [6.45, 7) is 0. The summed E-state index contributed by atoms with van der Waals surface area (Å²) in [4.78, 5) is 19.7. The van der Waals surface area contributed by atoms with Gasteiger partial charge in [-0.2, -0.15) is 0 Å². The molecule has 0 bridgehead atoms. The van der Waals surface area contributed by atoms with E-state index in [1.54, 1.807) is 0 Å². The van der Waals surface area contributed by atoms with E-state index in [0.717, 1.165) is 18.2 Å². The average Bonchev–Trinajstić information content (AvgIpc) is 2.42. The minimum Gasteiger partial charge on any atom is -0.404 e. The van der Waals surface area contributed by atoms with Crippen LogP contribution in [0.5, 0.6) is 5.75 Å². The van der Waals surface area contributed by atoms with Gasteiger partial charge in [0.25, 0.3) is 5.91 Å². The van der Waals surface area contributed by atoms with Crippen LogP contribution in [0.1, 0.15) is 10.4 Å². The third-order valence-electron chi connectivity index (χ3n) is 2.36. The van der Waals surface area contributed by atoms with E-state index in [1.165, 1.54) is 12.4 Å². The number of nitrogens with two attached hydrogens (primary N) is 1. The number of nitrogens with zero attached hydrogens (tertiary/aromatic N) is 2. The Kier molecular flexibility index (Phi) is 4.50. The molecule has 3 N–H and O–H groups in total. The van der Waals surface area contributed by atoms with E-state index in [0.29, 0.717) is 4.60 Å². The van der Waals surface area contributed by atoms with Crippen molar-refractivity contribution in [1.29, 1.82) is 0 Å². The largest absolute Gasteiger partial charge is 0.573 e. The fraction of sp³-hybridized carbons (Fsp3) is 0.0833. The maximum absolute atomic E-state index is 12.1. The Balaban J connectivity index is 2.13. The predicted octanol–water partition coefficient (Wildman–Crippen LogP) is 2.97. The molecule has 1 heterocycles. The van der Waals surface area contributed by atoms with E-state index in [9.17, 15) is 18.0 Å². The van der Waals surface area contributed by atoms with Crippen LogP contribution < -0.4 is 15.8 Å². The first-order chi connectivity index (χ1) is 10.2. The second kappa shape index (κ2) is 6.18. The van der Waals surface area contributed by atoms with Crippen molar-refractivity contribution >= 4 is 33.3 Å². The molecule has 1 amide bonds. The van der Waals surface area contributed by atoms with Crippen LogP contribution in [-0.2, 0) is 0 Å². The van der Waals surface area contributed by atoms with E-state index in [4.69, 9.17) is 5.73 Å². The van der Waals surface area contributed by atoms with E-state index in [1.807, 2.05) is 0 Å². The Morgan fingerprint density at radius 2 is 2.00 bits per heavy atom. The zero-order valence-corrected chi connectivity index (χ0v) is 12.3. The molecule has 0 fully saturated rings. The summed E-state index contributed by atoms with van der Waals surface area (Å²) in [6.07, 6.45) is -2.17. The fourth-order valence-corrected chi connectivity index (χ4v) is 1.68. The number of hydrogen-bond donors (Lipinski definition) is 2. The number of benzene rings is 1. The zero-order chi connectivity index (χ0) is 16.3. The maximum atomic E-state index is 12.1. The van der Waals surface area contributed by atoms with Crippen LogP contribution in [0.25, 0.3) is 0 Å². The van der Waals surface area contributed by atoms with Crippen molar-refractivity contribution in [3.63, 3.8) is 0 Å². The lowest BCUT2D eigenvalue weighted by Gasteiger charge is -2.12. The third kappa shape index (κ3) is 4.32. The van der Waals surface area contributed by atoms with Crippen molar-refractivity contribution < 1.29 is 22.7 Å². The second-order valence-corrected chi connectivity index (χ2v) is 4.79. The molecule has 0 radical (unpaired) electrons. The maximum Gasteiger partial charge on any atom is 0.573 e. The summed E-state index contributed by atoms with van der Waals surface area (Å²) in [6, 6.07) is 3.19. The van der Waals surface area contributed by atoms with Crippen molar-refractivity contribution in [2.45, 2.75) is 6.36 Å². The van der Waals surface area contributed by atoms with Crippen LogP contribution in [-0.4, -0.2) is 22.2 Å². The standard InChI is InChI=1S/C12H8BrF3N4O2/c13-9-4-19-10(5-18-9)20-11(21)6-1-2-8(7(17)3-6)22-12(14,15)16/h1-5H,17H2,(H,19,20,21). The number of rotatable bonds is 3. The van der Waals surface area contributed by atoms with Gasteiger partial charge in [-0.3, -0.25) is 4.79 Å². The highest BCUT2D eigenvalue weighted by atomic mass is 79.9. The monoisotopic (exact) mass is 376 g/mol. The number of amides is 1. The van der Waals surface area contributed by atoms with Gasteiger partial charge in [0.15, 0.2) is 11.6 Å². The molecule has 0 spiro atoms. The lowest BCUT2D eigenvalue weighted by atomic mass is 10.2. The second-order valence-electron chi connectivity index (χ2n) is 3.98.